The minimum atomic E-state index is 0.0123. The first-order chi connectivity index (χ1) is 10.1. The largest absolute Gasteiger partial charge is 0.387 e. The maximum atomic E-state index is 12.9. The standard InChI is InChI=1S/C16H23ClN2O2/c1-11(12-4-5-12)19(8-9-21-3)16(20)14-10-13(17)6-7-15(14)18-2/h6-7,10-12,18H,4-5,8-9H2,1-3H3. The van der Waals surface area contributed by atoms with Gasteiger partial charge in [0, 0.05) is 37.5 Å². The first kappa shape index (κ1) is 16.1. The lowest BCUT2D eigenvalue weighted by atomic mass is 10.1. The Morgan fingerprint density at radius 1 is 1.52 bits per heavy atom. The molecule has 1 aliphatic carbocycles. The summed E-state index contributed by atoms with van der Waals surface area (Å²) in [4.78, 5) is 14.8. The van der Waals surface area contributed by atoms with Crippen LogP contribution in [0.5, 0.6) is 0 Å². The van der Waals surface area contributed by atoms with Gasteiger partial charge in [-0.3, -0.25) is 4.79 Å². The second-order valence-corrected chi connectivity index (χ2v) is 5.95. The van der Waals surface area contributed by atoms with E-state index < -0.39 is 0 Å². The molecule has 0 spiro atoms. The van der Waals surface area contributed by atoms with Gasteiger partial charge in [-0.2, -0.15) is 0 Å². The number of nitrogens with one attached hydrogen (secondary N) is 1. The average Bonchev–Trinajstić information content (AvgIpc) is 3.31. The summed E-state index contributed by atoms with van der Waals surface area (Å²) in [6, 6.07) is 5.59. The molecule has 0 bridgehead atoms. The van der Waals surface area contributed by atoms with E-state index >= 15 is 0 Å². The number of carbonyl (C=O) groups is 1. The Kier molecular flexibility index (Phi) is 5.48. The van der Waals surface area contributed by atoms with E-state index in [4.69, 9.17) is 16.3 Å². The van der Waals surface area contributed by atoms with Gasteiger partial charge in [0.15, 0.2) is 0 Å². The highest BCUT2D eigenvalue weighted by Crippen LogP contribution is 2.36. The summed E-state index contributed by atoms with van der Waals surface area (Å²) in [6.45, 7) is 3.26. The van der Waals surface area contributed by atoms with Crippen molar-refractivity contribution in [3.05, 3.63) is 28.8 Å². The zero-order valence-corrected chi connectivity index (χ0v) is 13.6. The van der Waals surface area contributed by atoms with Gasteiger partial charge in [-0.05, 0) is 43.9 Å². The van der Waals surface area contributed by atoms with Crippen molar-refractivity contribution in [2.24, 2.45) is 5.92 Å². The van der Waals surface area contributed by atoms with E-state index in [-0.39, 0.29) is 11.9 Å². The van der Waals surface area contributed by atoms with Crippen molar-refractivity contribution in [2.45, 2.75) is 25.8 Å². The molecular formula is C16H23ClN2O2. The summed E-state index contributed by atoms with van der Waals surface area (Å²) in [6.07, 6.45) is 2.40. The molecule has 1 unspecified atom stereocenters. The normalized spacial score (nSPS) is 15.6. The average molecular weight is 311 g/mol. The Morgan fingerprint density at radius 2 is 2.24 bits per heavy atom. The fraction of sp³-hybridized carbons (Fsp3) is 0.562. The van der Waals surface area contributed by atoms with Crippen molar-refractivity contribution in [3.8, 4) is 0 Å². The van der Waals surface area contributed by atoms with Gasteiger partial charge in [-0.25, -0.2) is 0 Å². The Balaban J connectivity index is 2.25. The zero-order chi connectivity index (χ0) is 15.4. The predicted octanol–water partition coefficient (Wildman–Crippen LogP) is 3.27. The van der Waals surface area contributed by atoms with Crippen molar-refractivity contribution in [2.75, 3.05) is 32.6 Å². The number of hydrogen-bond acceptors (Lipinski definition) is 3. The lowest BCUT2D eigenvalue weighted by Crippen LogP contribution is -2.42. The third kappa shape index (κ3) is 3.89. The maximum absolute atomic E-state index is 12.9. The molecule has 4 nitrogen and oxygen atoms in total. The molecule has 1 saturated carbocycles. The zero-order valence-electron chi connectivity index (χ0n) is 12.9. The predicted molar refractivity (Wildman–Crippen MR) is 86.1 cm³/mol. The van der Waals surface area contributed by atoms with E-state index in [2.05, 4.69) is 12.2 Å². The van der Waals surface area contributed by atoms with E-state index in [9.17, 15) is 4.79 Å². The van der Waals surface area contributed by atoms with Crippen LogP contribution in [0.1, 0.15) is 30.1 Å². The number of rotatable bonds is 7. The van der Waals surface area contributed by atoms with E-state index in [1.807, 2.05) is 18.0 Å². The van der Waals surface area contributed by atoms with Crippen molar-refractivity contribution in [3.63, 3.8) is 0 Å². The molecule has 0 saturated heterocycles. The van der Waals surface area contributed by atoms with E-state index in [1.54, 1.807) is 19.2 Å². The van der Waals surface area contributed by atoms with Crippen LogP contribution in [-0.4, -0.2) is 44.2 Å². The van der Waals surface area contributed by atoms with Crippen molar-refractivity contribution < 1.29 is 9.53 Å². The smallest absolute Gasteiger partial charge is 0.256 e. The number of ether oxygens (including phenoxy) is 1. The molecule has 2 rings (SSSR count). The second-order valence-electron chi connectivity index (χ2n) is 5.51. The molecule has 1 aromatic carbocycles. The Morgan fingerprint density at radius 3 is 2.81 bits per heavy atom. The fourth-order valence-corrected chi connectivity index (χ4v) is 2.75. The van der Waals surface area contributed by atoms with E-state index in [1.165, 1.54) is 12.8 Å². The molecule has 0 aromatic heterocycles. The molecule has 116 valence electrons. The van der Waals surface area contributed by atoms with Gasteiger partial charge in [0.1, 0.15) is 0 Å². The van der Waals surface area contributed by atoms with Gasteiger partial charge >= 0.3 is 0 Å². The van der Waals surface area contributed by atoms with Gasteiger partial charge in [0.2, 0.25) is 0 Å². The summed E-state index contributed by atoms with van der Waals surface area (Å²) < 4.78 is 5.15. The Bertz CT molecular complexity index is 503. The van der Waals surface area contributed by atoms with E-state index in [0.717, 1.165) is 5.69 Å². The monoisotopic (exact) mass is 310 g/mol. The van der Waals surface area contributed by atoms with Crippen LogP contribution in [-0.2, 0) is 4.74 Å². The molecule has 1 aromatic rings. The molecule has 0 aliphatic heterocycles. The number of carbonyl (C=O) groups excluding carboxylic acids is 1. The Labute approximate surface area is 131 Å². The number of benzene rings is 1. The topological polar surface area (TPSA) is 41.6 Å². The van der Waals surface area contributed by atoms with E-state index in [0.29, 0.717) is 29.7 Å². The number of hydrogen-bond donors (Lipinski definition) is 1. The maximum Gasteiger partial charge on any atom is 0.256 e. The highest BCUT2D eigenvalue weighted by molar-refractivity contribution is 6.31. The molecular weight excluding hydrogens is 288 g/mol. The SMILES string of the molecule is CNc1ccc(Cl)cc1C(=O)N(CCOC)C(C)C1CC1. The number of nitrogens with zero attached hydrogens (tertiary/aromatic N) is 1. The van der Waals surface area contributed by atoms with Crippen molar-refractivity contribution >= 4 is 23.2 Å². The van der Waals surface area contributed by atoms with Crippen LogP contribution in [0.4, 0.5) is 5.69 Å². The van der Waals surface area contributed by atoms with Gasteiger partial charge in [0.05, 0.1) is 12.2 Å². The number of halogens is 1. The Hall–Kier alpha value is -1.26. The second kappa shape index (κ2) is 7.14. The van der Waals surface area contributed by atoms with Crippen LogP contribution >= 0.6 is 11.6 Å². The minimum Gasteiger partial charge on any atom is -0.387 e. The van der Waals surface area contributed by atoms with Gasteiger partial charge < -0.3 is 15.0 Å². The summed E-state index contributed by atoms with van der Waals surface area (Å²) in [7, 11) is 3.46. The van der Waals surface area contributed by atoms with Gasteiger partial charge in [-0.15, -0.1) is 0 Å². The molecule has 1 fully saturated rings. The molecule has 0 heterocycles. The molecule has 1 atom stereocenters. The van der Waals surface area contributed by atoms with Crippen LogP contribution in [0.3, 0.4) is 0 Å². The number of amides is 1. The summed E-state index contributed by atoms with van der Waals surface area (Å²) >= 11 is 6.06. The lowest BCUT2D eigenvalue weighted by Gasteiger charge is -2.30. The fourth-order valence-electron chi connectivity index (χ4n) is 2.58. The quantitative estimate of drug-likeness (QED) is 0.840. The molecule has 21 heavy (non-hydrogen) atoms. The molecule has 1 aliphatic rings. The van der Waals surface area contributed by atoms with Crippen molar-refractivity contribution in [1.29, 1.82) is 0 Å². The third-order valence-corrected chi connectivity index (χ3v) is 4.31. The van der Waals surface area contributed by atoms with Crippen molar-refractivity contribution in [1.82, 2.24) is 4.90 Å². The van der Waals surface area contributed by atoms with Gasteiger partial charge in [-0.1, -0.05) is 11.6 Å². The van der Waals surface area contributed by atoms with Crippen LogP contribution < -0.4 is 5.32 Å². The van der Waals surface area contributed by atoms with Crippen LogP contribution in [0.2, 0.25) is 5.02 Å². The lowest BCUT2D eigenvalue weighted by molar-refractivity contribution is 0.0595. The number of methoxy groups -OCH3 is 1. The van der Waals surface area contributed by atoms with Gasteiger partial charge in [0.25, 0.3) is 5.91 Å². The third-order valence-electron chi connectivity index (χ3n) is 4.07. The highest BCUT2D eigenvalue weighted by atomic mass is 35.5. The minimum absolute atomic E-state index is 0.0123. The highest BCUT2D eigenvalue weighted by Gasteiger charge is 2.35. The first-order valence-electron chi connectivity index (χ1n) is 7.35. The molecule has 0 radical (unpaired) electrons. The molecule has 1 amide bonds. The number of anilines is 1. The molecule has 5 heteroatoms. The summed E-state index contributed by atoms with van der Waals surface area (Å²) in [5.74, 6) is 0.626. The van der Waals surface area contributed by atoms with Crippen LogP contribution in [0.15, 0.2) is 18.2 Å². The summed E-state index contributed by atoms with van der Waals surface area (Å²) in [5, 5.41) is 3.63. The van der Waals surface area contributed by atoms with Crippen LogP contribution in [0, 0.1) is 5.92 Å². The van der Waals surface area contributed by atoms with Crippen LogP contribution in [0.25, 0.3) is 0 Å². The molecule has 1 N–H and O–H groups in total. The summed E-state index contributed by atoms with van der Waals surface area (Å²) in [5.41, 5.74) is 1.42. The first-order valence-corrected chi connectivity index (χ1v) is 7.73.